The van der Waals surface area contributed by atoms with Crippen LogP contribution >= 0.6 is 0 Å². The molecule has 1 aromatic carbocycles. The Hall–Kier alpha value is -3.20. The third-order valence-electron chi connectivity index (χ3n) is 5.99. The third-order valence-corrected chi connectivity index (χ3v) is 5.99. The van der Waals surface area contributed by atoms with Crippen molar-refractivity contribution < 1.29 is 4.79 Å². The lowest BCUT2D eigenvalue weighted by atomic mass is 9.87. The largest absolute Gasteiger partial charge is 0.331 e. The SMILES string of the molecule is C#CCCCn1c(C)nc(=N)c2[nH]c(C(=O)c3c(C)c(C)c(C)c(C)c3C)nc21. The topological polar surface area (TPSA) is 87.4 Å². The average Bonchev–Trinajstić information content (AvgIpc) is 3.13. The fourth-order valence-electron chi connectivity index (χ4n) is 3.83. The monoisotopic (exact) mass is 389 g/mol. The van der Waals surface area contributed by atoms with Gasteiger partial charge in [-0.3, -0.25) is 10.2 Å². The third kappa shape index (κ3) is 3.38. The molecule has 2 aromatic heterocycles. The normalized spacial score (nSPS) is 11.1. The van der Waals surface area contributed by atoms with Gasteiger partial charge in [0.25, 0.3) is 0 Å². The molecule has 0 radical (unpaired) electrons. The number of benzene rings is 1. The summed E-state index contributed by atoms with van der Waals surface area (Å²) in [7, 11) is 0. The predicted molar refractivity (Wildman–Crippen MR) is 114 cm³/mol. The van der Waals surface area contributed by atoms with Crippen molar-refractivity contribution >= 4 is 16.9 Å². The zero-order chi connectivity index (χ0) is 21.5. The maximum atomic E-state index is 13.4. The Morgan fingerprint density at radius 3 is 2.21 bits per heavy atom. The van der Waals surface area contributed by atoms with Crippen LogP contribution in [0.5, 0.6) is 0 Å². The van der Waals surface area contributed by atoms with E-state index in [4.69, 9.17) is 11.8 Å². The molecule has 2 N–H and O–H groups in total. The second-order valence-corrected chi connectivity index (χ2v) is 7.58. The molecule has 0 aliphatic heterocycles. The number of fused-ring (bicyclic) bond motifs is 1. The minimum Gasteiger partial charge on any atom is -0.331 e. The fraction of sp³-hybridized carbons (Fsp3) is 0.391. The van der Waals surface area contributed by atoms with Crippen LogP contribution in [0.4, 0.5) is 0 Å². The van der Waals surface area contributed by atoms with Crippen LogP contribution in [0.15, 0.2) is 0 Å². The molecule has 0 saturated carbocycles. The highest BCUT2D eigenvalue weighted by molar-refractivity contribution is 6.10. The van der Waals surface area contributed by atoms with E-state index in [1.807, 2.05) is 39.2 Å². The number of hydrogen-bond donors (Lipinski definition) is 2. The molecule has 0 unspecified atom stereocenters. The van der Waals surface area contributed by atoms with Crippen LogP contribution in [0, 0.1) is 59.3 Å². The van der Waals surface area contributed by atoms with Gasteiger partial charge in [-0.1, -0.05) is 0 Å². The van der Waals surface area contributed by atoms with Gasteiger partial charge >= 0.3 is 0 Å². The molecule has 0 aliphatic rings. The number of aryl methyl sites for hydroxylation is 2. The van der Waals surface area contributed by atoms with Crippen LogP contribution in [-0.2, 0) is 6.54 Å². The average molecular weight is 390 g/mol. The van der Waals surface area contributed by atoms with Crippen molar-refractivity contribution in [3.8, 4) is 12.3 Å². The van der Waals surface area contributed by atoms with Gasteiger partial charge < -0.3 is 9.55 Å². The first-order chi connectivity index (χ1) is 13.7. The Morgan fingerprint density at radius 1 is 1.03 bits per heavy atom. The van der Waals surface area contributed by atoms with E-state index in [2.05, 4.69) is 27.8 Å². The molecule has 2 heterocycles. The van der Waals surface area contributed by atoms with Crippen molar-refractivity contribution in [3.05, 3.63) is 50.5 Å². The van der Waals surface area contributed by atoms with Gasteiger partial charge in [0.2, 0.25) is 5.78 Å². The predicted octanol–water partition coefficient (Wildman–Crippen LogP) is 3.73. The summed E-state index contributed by atoms with van der Waals surface area (Å²) in [6.45, 7) is 12.6. The molecule has 150 valence electrons. The summed E-state index contributed by atoms with van der Waals surface area (Å²) in [6.07, 6.45) is 6.79. The Labute approximate surface area is 170 Å². The first kappa shape index (κ1) is 20.5. The summed E-state index contributed by atoms with van der Waals surface area (Å²) < 4.78 is 1.92. The highest BCUT2D eigenvalue weighted by atomic mass is 16.1. The van der Waals surface area contributed by atoms with E-state index >= 15 is 0 Å². The number of ketones is 1. The number of rotatable bonds is 5. The van der Waals surface area contributed by atoms with Crippen LogP contribution in [0.3, 0.4) is 0 Å². The highest BCUT2D eigenvalue weighted by Gasteiger charge is 2.23. The lowest BCUT2D eigenvalue weighted by Gasteiger charge is -2.17. The zero-order valence-electron chi connectivity index (χ0n) is 17.9. The van der Waals surface area contributed by atoms with Gasteiger partial charge in [0.05, 0.1) is 0 Å². The molecule has 0 aliphatic carbocycles. The molecular formula is C23H27N5O. The maximum Gasteiger partial charge on any atom is 0.228 e. The Morgan fingerprint density at radius 2 is 1.62 bits per heavy atom. The number of imidazole rings is 1. The molecule has 3 aromatic rings. The molecule has 0 spiro atoms. The molecule has 29 heavy (non-hydrogen) atoms. The van der Waals surface area contributed by atoms with Gasteiger partial charge in [-0.05, 0) is 75.8 Å². The molecule has 0 fully saturated rings. The lowest BCUT2D eigenvalue weighted by Crippen LogP contribution is -2.17. The molecule has 6 heteroatoms. The Kier molecular flexibility index (Phi) is 5.43. The van der Waals surface area contributed by atoms with Gasteiger partial charge in [0, 0.05) is 18.5 Å². The lowest BCUT2D eigenvalue weighted by molar-refractivity contribution is 0.102. The number of H-pyrrole nitrogens is 1. The van der Waals surface area contributed by atoms with Crippen molar-refractivity contribution in [1.29, 1.82) is 5.41 Å². The number of hydrogen-bond acceptors (Lipinski definition) is 4. The van der Waals surface area contributed by atoms with Gasteiger partial charge in [-0.2, -0.15) is 0 Å². The van der Waals surface area contributed by atoms with Crippen molar-refractivity contribution in [1.82, 2.24) is 19.5 Å². The van der Waals surface area contributed by atoms with E-state index in [0.29, 0.717) is 35.5 Å². The van der Waals surface area contributed by atoms with E-state index in [9.17, 15) is 4.79 Å². The Bertz CT molecular complexity index is 1210. The van der Waals surface area contributed by atoms with Gasteiger partial charge in [0.15, 0.2) is 17.0 Å². The number of unbranched alkanes of at least 4 members (excludes halogenated alkanes) is 1. The minimum absolute atomic E-state index is 0.0851. The standard InChI is InChI=1S/C23H27N5O/c1-8-9-10-11-28-17(7)25-21(24)19-23(28)27-22(26-19)20(29)18-15(5)13(3)12(2)14(4)16(18)6/h1,24H,9-11H2,2-7H3,(H,26,27). The molecule has 0 bridgehead atoms. The van der Waals surface area contributed by atoms with E-state index in [0.717, 1.165) is 28.7 Å². The number of aromatic amines is 1. The molecule has 3 rings (SSSR count). The first-order valence-corrected chi connectivity index (χ1v) is 9.75. The van der Waals surface area contributed by atoms with E-state index in [-0.39, 0.29) is 17.1 Å². The van der Waals surface area contributed by atoms with E-state index in [1.54, 1.807) is 0 Å². The van der Waals surface area contributed by atoms with Crippen LogP contribution in [0.1, 0.15) is 62.7 Å². The van der Waals surface area contributed by atoms with Crippen LogP contribution in [0.25, 0.3) is 11.2 Å². The minimum atomic E-state index is -0.158. The number of carbonyl (C=O) groups is 1. The summed E-state index contributed by atoms with van der Waals surface area (Å²) in [5.74, 6) is 3.39. The van der Waals surface area contributed by atoms with Gasteiger partial charge in [-0.25, -0.2) is 9.97 Å². The van der Waals surface area contributed by atoms with Crippen LogP contribution < -0.4 is 5.49 Å². The smallest absolute Gasteiger partial charge is 0.228 e. The summed E-state index contributed by atoms with van der Waals surface area (Å²) in [4.78, 5) is 25.4. The number of nitrogens with zero attached hydrogens (tertiary/aromatic N) is 3. The molecular weight excluding hydrogens is 362 g/mol. The van der Waals surface area contributed by atoms with E-state index < -0.39 is 0 Å². The summed E-state index contributed by atoms with van der Waals surface area (Å²) in [5, 5.41) is 8.21. The van der Waals surface area contributed by atoms with Crippen LogP contribution in [0.2, 0.25) is 0 Å². The van der Waals surface area contributed by atoms with Crippen molar-refractivity contribution in [2.45, 2.75) is 60.9 Å². The van der Waals surface area contributed by atoms with Gasteiger partial charge in [-0.15, -0.1) is 12.3 Å². The number of carbonyl (C=O) groups excluding carboxylic acids is 1. The number of nitrogens with one attached hydrogen (secondary N) is 2. The fourth-order valence-corrected chi connectivity index (χ4v) is 3.83. The highest BCUT2D eigenvalue weighted by Crippen LogP contribution is 2.27. The summed E-state index contributed by atoms with van der Waals surface area (Å²) in [5.41, 5.74) is 7.19. The molecule has 0 saturated heterocycles. The Balaban J connectivity index is 2.19. The zero-order valence-corrected chi connectivity index (χ0v) is 17.9. The summed E-state index contributed by atoms with van der Waals surface area (Å²) in [6, 6.07) is 0. The van der Waals surface area contributed by atoms with Crippen molar-refractivity contribution in [3.63, 3.8) is 0 Å². The molecule has 6 nitrogen and oxygen atoms in total. The summed E-state index contributed by atoms with van der Waals surface area (Å²) >= 11 is 0. The van der Waals surface area contributed by atoms with E-state index in [1.165, 1.54) is 5.56 Å². The maximum absolute atomic E-state index is 13.4. The number of terminal acetylenes is 1. The van der Waals surface area contributed by atoms with Crippen LogP contribution in [-0.4, -0.2) is 25.3 Å². The second-order valence-electron chi connectivity index (χ2n) is 7.58. The first-order valence-electron chi connectivity index (χ1n) is 9.75. The second kappa shape index (κ2) is 7.67. The molecule has 0 amide bonds. The number of aromatic nitrogens is 4. The van der Waals surface area contributed by atoms with Crippen molar-refractivity contribution in [2.24, 2.45) is 0 Å². The van der Waals surface area contributed by atoms with Crippen molar-refractivity contribution in [2.75, 3.05) is 0 Å². The molecule has 0 atom stereocenters. The van der Waals surface area contributed by atoms with Gasteiger partial charge in [0.1, 0.15) is 11.3 Å². The quantitative estimate of drug-likeness (QED) is 0.396.